The summed E-state index contributed by atoms with van der Waals surface area (Å²) in [5.41, 5.74) is -0.535. The number of halogens is 4. The van der Waals surface area contributed by atoms with Crippen molar-refractivity contribution >= 4 is 24.2 Å². The van der Waals surface area contributed by atoms with Gasteiger partial charge in [-0.25, -0.2) is 0 Å². The van der Waals surface area contributed by atoms with E-state index in [4.69, 9.17) is 0 Å². The summed E-state index contributed by atoms with van der Waals surface area (Å²) in [5, 5.41) is 3.32. The van der Waals surface area contributed by atoms with E-state index in [1.165, 1.54) is 12.1 Å². The Balaban J connectivity index is 0.00000300. The maximum atomic E-state index is 12.6. The average Bonchev–Trinajstić information content (AvgIpc) is 2.72. The molecule has 0 unspecified atom stereocenters. The lowest BCUT2D eigenvalue weighted by molar-refractivity contribution is -0.137. The molecule has 2 amide bonds. The molecule has 1 N–H and O–H groups in total. The molecular formula is C20H27ClF3N3O2. The molecule has 0 radical (unpaired) electrons. The van der Waals surface area contributed by atoms with E-state index in [2.05, 4.69) is 5.32 Å². The van der Waals surface area contributed by atoms with Crippen molar-refractivity contribution in [1.82, 2.24) is 15.1 Å². The third-order valence-corrected chi connectivity index (χ3v) is 5.60. The summed E-state index contributed by atoms with van der Waals surface area (Å²) in [5.74, 6) is 0.434. The van der Waals surface area contributed by atoms with Crippen LogP contribution in [0.1, 0.15) is 41.6 Å². The van der Waals surface area contributed by atoms with Crippen molar-refractivity contribution in [3.63, 3.8) is 0 Å². The summed E-state index contributed by atoms with van der Waals surface area (Å²) in [6, 6.07) is 4.27. The van der Waals surface area contributed by atoms with Crippen LogP contribution < -0.4 is 5.32 Å². The summed E-state index contributed by atoms with van der Waals surface area (Å²) >= 11 is 0. The highest BCUT2D eigenvalue weighted by Crippen LogP contribution is 2.29. The molecule has 9 heteroatoms. The normalized spacial score (nSPS) is 18.3. The monoisotopic (exact) mass is 433 g/mol. The molecule has 0 spiro atoms. The highest BCUT2D eigenvalue weighted by molar-refractivity contribution is 5.94. The average molecular weight is 434 g/mol. The van der Waals surface area contributed by atoms with Crippen LogP contribution in [0, 0.1) is 5.92 Å². The predicted octanol–water partition coefficient (Wildman–Crippen LogP) is 3.19. The first-order valence-corrected chi connectivity index (χ1v) is 9.79. The number of piperazine rings is 1. The van der Waals surface area contributed by atoms with Crippen LogP contribution in [0.5, 0.6) is 0 Å². The number of carbonyl (C=O) groups excluding carboxylic acids is 2. The molecule has 162 valence electrons. The zero-order chi connectivity index (χ0) is 20.1. The Morgan fingerprint density at radius 1 is 0.966 bits per heavy atom. The second-order valence-electron chi connectivity index (χ2n) is 7.48. The third-order valence-electron chi connectivity index (χ3n) is 5.60. The van der Waals surface area contributed by atoms with Crippen LogP contribution >= 0.6 is 12.4 Å². The molecule has 0 aliphatic carbocycles. The van der Waals surface area contributed by atoms with Gasteiger partial charge in [0.25, 0.3) is 5.91 Å². The quantitative estimate of drug-likeness (QED) is 0.793. The molecule has 2 heterocycles. The molecule has 0 bridgehead atoms. The van der Waals surface area contributed by atoms with Crippen molar-refractivity contribution in [1.29, 1.82) is 0 Å². The number of alkyl halides is 3. The van der Waals surface area contributed by atoms with Crippen LogP contribution in [-0.2, 0) is 11.0 Å². The van der Waals surface area contributed by atoms with Crippen molar-refractivity contribution in [2.75, 3.05) is 39.3 Å². The van der Waals surface area contributed by atoms with Gasteiger partial charge in [0.15, 0.2) is 0 Å². The highest BCUT2D eigenvalue weighted by Gasteiger charge is 2.31. The van der Waals surface area contributed by atoms with Crippen molar-refractivity contribution in [2.45, 2.75) is 31.9 Å². The lowest BCUT2D eigenvalue weighted by Crippen LogP contribution is -2.50. The van der Waals surface area contributed by atoms with Gasteiger partial charge in [0.1, 0.15) is 0 Å². The Morgan fingerprint density at radius 3 is 2.07 bits per heavy atom. The number of hydrogen-bond acceptors (Lipinski definition) is 3. The lowest BCUT2D eigenvalue weighted by Gasteiger charge is -2.35. The van der Waals surface area contributed by atoms with E-state index in [0.29, 0.717) is 38.5 Å². The van der Waals surface area contributed by atoms with Crippen LogP contribution in [0.4, 0.5) is 13.2 Å². The van der Waals surface area contributed by atoms with E-state index in [0.717, 1.165) is 44.5 Å². The largest absolute Gasteiger partial charge is 0.416 e. The lowest BCUT2D eigenvalue weighted by atomic mass is 9.93. The first-order valence-electron chi connectivity index (χ1n) is 9.79. The van der Waals surface area contributed by atoms with E-state index >= 15 is 0 Å². The second-order valence-corrected chi connectivity index (χ2v) is 7.48. The van der Waals surface area contributed by atoms with Gasteiger partial charge in [0.05, 0.1) is 5.56 Å². The fourth-order valence-corrected chi connectivity index (χ4v) is 3.80. The number of nitrogens with one attached hydrogen (secondary N) is 1. The number of amides is 2. The fraction of sp³-hybridized carbons (Fsp3) is 0.600. The van der Waals surface area contributed by atoms with Gasteiger partial charge in [0, 0.05) is 38.2 Å². The highest BCUT2D eigenvalue weighted by atomic mass is 35.5. The fourth-order valence-electron chi connectivity index (χ4n) is 3.80. The van der Waals surface area contributed by atoms with E-state index in [1.54, 1.807) is 9.80 Å². The topological polar surface area (TPSA) is 52.7 Å². The summed E-state index contributed by atoms with van der Waals surface area (Å²) < 4.78 is 37.9. The van der Waals surface area contributed by atoms with Crippen molar-refractivity contribution < 1.29 is 22.8 Å². The second kappa shape index (κ2) is 10.3. The molecule has 1 aromatic rings. The van der Waals surface area contributed by atoms with Crippen LogP contribution in [0.25, 0.3) is 0 Å². The number of carbonyl (C=O) groups is 2. The molecule has 5 nitrogen and oxygen atoms in total. The number of rotatable bonds is 4. The summed E-state index contributed by atoms with van der Waals surface area (Å²) in [6.45, 7) is 3.78. The van der Waals surface area contributed by atoms with Crippen LogP contribution in [0.3, 0.4) is 0 Å². The molecule has 29 heavy (non-hydrogen) atoms. The first-order chi connectivity index (χ1) is 13.3. The van der Waals surface area contributed by atoms with Gasteiger partial charge in [-0.05, 0) is 62.5 Å². The van der Waals surface area contributed by atoms with E-state index in [9.17, 15) is 22.8 Å². The number of hydrogen-bond donors (Lipinski definition) is 1. The summed E-state index contributed by atoms with van der Waals surface area (Å²) in [4.78, 5) is 28.3. The van der Waals surface area contributed by atoms with Gasteiger partial charge < -0.3 is 15.1 Å². The maximum Gasteiger partial charge on any atom is 0.416 e. The Labute approximate surface area is 175 Å². The molecule has 0 saturated carbocycles. The molecule has 1 aromatic carbocycles. The standard InChI is InChI=1S/C20H26F3N3O2.ClH/c21-20(22,23)17-4-2-16(3-5-17)19(28)26-13-11-25(12-14-26)18(27)6-1-15-7-9-24-10-8-15;/h2-5,15,24H,1,6-14H2;1H. The Kier molecular flexibility index (Phi) is 8.34. The van der Waals surface area contributed by atoms with Gasteiger partial charge in [-0.15, -0.1) is 12.4 Å². The summed E-state index contributed by atoms with van der Waals surface area (Å²) in [7, 11) is 0. The van der Waals surface area contributed by atoms with E-state index in [-0.39, 0.29) is 29.8 Å². The van der Waals surface area contributed by atoms with E-state index in [1.807, 2.05) is 0 Å². The van der Waals surface area contributed by atoms with Gasteiger partial charge >= 0.3 is 6.18 Å². The van der Waals surface area contributed by atoms with Gasteiger partial charge in [0.2, 0.25) is 5.91 Å². The zero-order valence-electron chi connectivity index (χ0n) is 16.2. The van der Waals surface area contributed by atoms with Crippen molar-refractivity contribution in [3.8, 4) is 0 Å². The smallest absolute Gasteiger partial charge is 0.339 e. The molecule has 2 fully saturated rings. The predicted molar refractivity (Wildman–Crippen MR) is 106 cm³/mol. The van der Waals surface area contributed by atoms with Gasteiger partial charge in [-0.3, -0.25) is 9.59 Å². The van der Waals surface area contributed by atoms with Crippen LogP contribution in [0.2, 0.25) is 0 Å². The summed E-state index contributed by atoms with van der Waals surface area (Å²) in [6.07, 6.45) is -0.740. The Morgan fingerprint density at radius 2 is 1.52 bits per heavy atom. The zero-order valence-corrected chi connectivity index (χ0v) is 17.0. The van der Waals surface area contributed by atoms with Crippen molar-refractivity contribution in [2.24, 2.45) is 5.92 Å². The van der Waals surface area contributed by atoms with Crippen molar-refractivity contribution in [3.05, 3.63) is 35.4 Å². The van der Waals surface area contributed by atoms with Gasteiger partial charge in [-0.2, -0.15) is 13.2 Å². The number of piperidine rings is 1. The van der Waals surface area contributed by atoms with Crippen LogP contribution in [-0.4, -0.2) is 60.9 Å². The van der Waals surface area contributed by atoms with Crippen LogP contribution in [0.15, 0.2) is 24.3 Å². The number of nitrogens with zero attached hydrogens (tertiary/aromatic N) is 2. The molecule has 0 atom stereocenters. The molecular weight excluding hydrogens is 407 g/mol. The Bertz CT molecular complexity index is 683. The number of benzene rings is 1. The SMILES string of the molecule is Cl.O=C(CCC1CCNCC1)N1CCN(C(=O)c2ccc(C(F)(F)F)cc2)CC1. The van der Waals surface area contributed by atoms with Gasteiger partial charge in [-0.1, -0.05) is 0 Å². The third kappa shape index (κ3) is 6.34. The molecule has 0 aromatic heterocycles. The minimum atomic E-state index is -4.41. The maximum absolute atomic E-state index is 12.6. The minimum absolute atomic E-state index is 0. The van der Waals surface area contributed by atoms with E-state index < -0.39 is 11.7 Å². The molecule has 2 saturated heterocycles. The minimum Gasteiger partial charge on any atom is -0.339 e. The molecule has 3 rings (SSSR count). The molecule has 2 aliphatic heterocycles. The first kappa shape index (κ1) is 23.5. The molecule has 2 aliphatic rings. The Hall–Kier alpha value is -1.80.